The van der Waals surface area contributed by atoms with E-state index in [1.807, 2.05) is 6.08 Å². The lowest BCUT2D eigenvalue weighted by Crippen LogP contribution is -2.43. The Morgan fingerprint density at radius 2 is 1.64 bits per heavy atom. The quantitative estimate of drug-likeness (QED) is 0.249. The van der Waals surface area contributed by atoms with E-state index in [-0.39, 0.29) is 12.3 Å². The molecule has 0 bridgehead atoms. The standard InChI is InChI=1S/C21H36O4/c1-3-5-7-9-13-17(12-6-4-2)16-21(19(22)23,20(24)25)18-14-10-8-11-15-18/h14,17H,3-13,15-16H2,1-2H3,(H,22,23)(H,24,25). The van der Waals surface area contributed by atoms with E-state index in [0.717, 1.165) is 57.8 Å². The van der Waals surface area contributed by atoms with Gasteiger partial charge >= 0.3 is 11.9 Å². The third-order valence-corrected chi connectivity index (χ3v) is 5.60. The highest BCUT2D eigenvalue weighted by atomic mass is 16.4. The maximum Gasteiger partial charge on any atom is 0.325 e. The third kappa shape index (κ3) is 6.16. The molecule has 1 unspecified atom stereocenters. The van der Waals surface area contributed by atoms with E-state index in [9.17, 15) is 19.8 Å². The Morgan fingerprint density at radius 1 is 1.00 bits per heavy atom. The van der Waals surface area contributed by atoms with Crippen LogP contribution in [-0.2, 0) is 9.59 Å². The molecule has 0 aliphatic heterocycles. The van der Waals surface area contributed by atoms with Gasteiger partial charge in [-0.3, -0.25) is 9.59 Å². The molecule has 0 spiro atoms. The van der Waals surface area contributed by atoms with Gasteiger partial charge in [-0.2, -0.15) is 0 Å². The zero-order valence-electron chi connectivity index (χ0n) is 16.1. The molecular weight excluding hydrogens is 316 g/mol. The smallest absolute Gasteiger partial charge is 0.325 e. The fourth-order valence-corrected chi connectivity index (χ4v) is 4.03. The summed E-state index contributed by atoms with van der Waals surface area (Å²) in [4.78, 5) is 24.3. The summed E-state index contributed by atoms with van der Waals surface area (Å²) in [5.41, 5.74) is -1.09. The van der Waals surface area contributed by atoms with Gasteiger partial charge in [0.25, 0.3) is 0 Å². The minimum Gasteiger partial charge on any atom is -0.480 e. The van der Waals surface area contributed by atoms with Crippen molar-refractivity contribution in [2.45, 2.75) is 97.3 Å². The molecule has 2 N–H and O–H groups in total. The van der Waals surface area contributed by atoms with E-state index < -0.39 is 17.4 Å². The van der Waals surface area contributed by atoms with Crippen molar-refractivity contribution in [3.63, 3.8) is 0 Å². The molecule has 0 fully saturated rings. The molecule has 1 aliphatic carbocycles. The van der Waals surface area contributed by atoms with Crippen molar-refractivity contribution in [2.75, 3.05) is 0 Å². The number of hydrogen-bond donors (Lipinski definition) is 2. The van der Waals surface area contributed by atoms with Crippen molar-refractivity contribution in [1.29, 1.82) is 0 Å². The number of unbranched alkanes of at least 4 members (excludes halogenated alkanes) is 4. The average Bonchev–Trinajstić information content (AvgIpc) is 2.60. The normalized spacial score (nSPS) is 16.3. The monoisotopic (exact) mass is 352 g/mol. The molecule has 0 aromatic heterocycles. The first-order valence-corrected chi connectivity index (χ1v) is 10.1. The third-order valence-electron chi connectivity index (χ3n) is 5.60. The van der Waals surface area contributed by atoms with Crippen LogP contribution in [0, 0.1) is 11.3 Å². The predicted octanol–water partition coefficient (Wildman–Crippen LogP) is 5.81. The summed E-state index contributed by atoms with van der Waals surface area (Å²) in [5, 5.41) is 19.8. The largest absolute Gasteiger partial charge is 0.480 e. The van der Waals surface area contributed by atoms with Gasteiger partial charge in [0.15, 0.2) is 5.41 Å². The first-order chi connectivity index (χ1) is 12.0. The van der Waals surface area contributed by atoms with E-state index in [4.69, 9.17) is 0 Å². The molecule has 144 valence electrons. The molecule has 1 rings (SSSR count). The minimum atomic E-state index is -1.72. The molecule has 0 aromatic carbocycles. The lowest BCUT2D eigenvalue weighted by Gasteiger charge is -2.33. The maximum atomic E-state index is 12.1. The molecule has 4 nitrogen and oxygen atoms in total. The van der Waals surface area contributed by atoms with E-state index >= 15 is 0 Å². The van der Waals surface area contributed by atoms with E-state index in [1.54, 1.807) is 0 Å². The van der Waals surface area contributed by atoms with Crippen molar-refractivity contribution in [3.8, 4) is 0 Å². The number of allylic oxidation sites excluding steroid dienone is 1. The molecule has 0 aromatic rings. The topological polar surface area (TPSA) is 74.6 Å². The van der Waals surface area contributed by atoms with Crippen LogP contribution in [0.3, 0.4) is 0 Å². The second kappa shape index (κ2) is 11.3. The lowest BCUT2D eigenvalue weighted by molar-refractivity contribution is -0.163. The second-order valence-electron chi connectivity index (χ2n) is 7.55. The van der Waals surface area contributed by atoms with Gasteiger partial charge in [0, 0.05) is 0 Å². The van der Waals surface area contributed by atoms with E-state index in [0.29, 0.717) is 12.0 Å². The fourth-order valence-electron chi connectivity index (χ4n) is 4.03. The zero-order valence-corrected chi connectivity index (χ0v) is 16.1. The number of carboxylic acid groups (broad SMARTS) is 2. The Hall–Kier alpha value is -1.32. The highest BCUT2D eigenvalue weighted by molar-refractivity contribution is 6.01. The molecule has 0 amide bonds. The Balaban J connectivity index is 2.98. The van der Waals surface area contributed by atoms with Gasteiger partial charge in [0.1, 0.15) is 0 Å². The highest BCUT2D eigenvalue weighted by Gasteiger charge is 2.50. The lowest BCUT2D eigenvalue weighted by atomic mass is 9.68. The summed E-state index contributed by atoms with van der Waals surface area (Å²) >= 11 is 0. The van der Waals surface area contributed by atoms with Gasteiger partial charge in [-0.05, 0) is 43.6 Å². The van der Waals surface area contributed by atoms with Crippen molar-refractivity contribution < 1.29 is 19.8 Å². The molecule has 0 heterocycles. The van der Waals surface area contributed by atoms with Crippen molar-refractivity contribution >= 4 is 11.9 Å². The van der Waals surface area contributed by atoms with Crippen molar-refractivity contribution in [2.24, 2.45) is 11.3 Å². The van der Waals surface area contributed by atoms with Gasteiger partial charge in [-0.25, -0.2) is 0 Å². The van der Waals surface area contributed by atoms with Crippen LogP contribution in [0.1, 0.15) is 97.3 Å². The average molecular weight is 353 g/mol. The first-order valence-electron chi connectivity index (χ1n) is 10.1. The molecule has 0 radical (unpaired) electrons. The molecule has 0 saturated carbocycles. The Kier molecular flexibility index (Phi) is 9.84. The van der Waals surface area contributed by atoms with Gasteiger partial charge in [-0.15, -0.1) is 0 Å². The number of aliphatic carboxylic acids is 2. The summed E-state index contributed by atoms with van der Waals surface area (Å²) in [6.07, 6.45) is 14.0. The van der Waals surface area contributed by atoms with Gasteiger partial charge in [0.05, 0.1) is 0 Å². The first kappa shape index (κ1) is 21.7. The SMILES string of the molecule is CCCCCCC(CCCC)CC(C(=O)O)(C(=O)O)C1=CCCCC1. The summed E-state index contributed by atoms with van der Waals surface area (Å²) < 4.78 is 0. The summed E-state index contributed by atoms with van der Waals surface area (Å²) in [6.45, 7) is 4.30. The van der Waals surface area contributed by atoms with Crippen LogP contribution < -0.4 is 0 Å². The Labute approximate surface area is 152 Å². The summed E-state index contributed by atoms with van der Waals surface area (Å²) in [5.74, 6) is -2.18. The van der Waals surface area contributed by atoms with Crippen molar-refractivity contribution in [3.05, 3.63) is 11.6 Å². The second-order valence-corrected chi connectivity index (χ2v) is 7.55. The van der Waals surface area contributed by atoms with Crippen LogP contribution in [0.4, 0.5) is 0 Å². The van der Waals surface area contributed by atoms with Crippen LogP contribution in [0.25, 0.3) is 0 Å². The number of rotatable bonds is 13. The summed E-state index contributed by atoms with van der Waals surface area (Å²) in [7, 11) is 0. The van der Waals surface area contributed by atoms with Gasteiger partial charge in [-0.1, -0.05) is 71.3 Å². The Morgan fingerprint density at radius 3 is 2.16 bits per heavy atom. The minimum absolute atomic E-state index is 0.173. The molecule has 1 atom stereocenters. The number of carboxylic acids is 2. The maximum absolute atomic E-state index is 12.1. The zero-order chi connectivity index (χ0) is 18.7. The number of hydrogen-bond acceptors (Lipinski definition) is 2. The number of carbonyl (C=O) groups is 2. The van der Waals surface area contributed by atoms with Gasteiger partial charge < -0.3 is 10.2 Å². The van der Waals surface area contributed by atoms with Gasteiger partial charge in [0.2, 0.25) is 0 Å². The van der Waals surface area contributed by atoms with Crippen molar-refractivity contribution in [1.82, 2.24) is 0 Å². The highest BCUT2D eigenvalue weighted by Crippen LogP contribution is 2.42. The van der Waals surface area contributed by atoms with Crippen LogP contribution in [0.5, 0.6) is 0 Å². The van der Waals surface area contributed by atoms with Crippen LogP contribution in [0.15, 0.2) is 11.6 Å². The fraction of sp³-hybridized carbons (Fsp3) is 0.810. The Bertz CT molecular complexity index is 439. The molecule has 25 heavy (non-hydrogen) atoms. The van der Waals surface area contributed by atoms with Crippen LogP contribution in [0.2, 0.25) is 0 Å². The van der Waals surface area contributed by atoms with E-state index in [2.05, 4.69) is 13.8 Å². The van der Waals surface area contributed by atoms with Crippen LogP contribution in [-0.4, -0.2) is 22.2 Å². The van der Waals surface area contributed by atoms with E-state index in [1.165, 1.54) is 12.8 Å². The summed E-state index contributed by atoms with van der Waals surface area (Å²) in [6, 6.07) is 0. The molecule has 0 saturated heterocycles. The van der Waals surface area contributed by atoms with Crippen LogP contribution >= 0.6 is 0 Å². The molecular formula is C21H36O4. The predicted molar refractivity (Wildman–Crippen MR) is 101 cm³/mol. The molecule has 4 heteroatoms. The molecule has 1 aliphatic rings.